The third-order valence-corrected chi connectivity index (χ3v) is 1.59. The molecule has 0 fully saturated rings. The minimum absolute atomic E-state index is 0.171. The molecule has 0 radical (unpaired) electrons. The van der Waals surface area contributed by atoms with Crippen LogP contribution in [0.2, 0.25) is 0 Å². The van der Waals surface area contributed by atoms with Crippen LogP contribution in [0.15, 0.2) is 4.40 Å². The topological polar surface area (TPSA) is 46.5 Å². The summed E-state index contributed by atoms with van der Waals surface area (Å²) in [6.45, 7) is 3.74. The van der Waals surface area contributed by atoms with Crippen molar-refractivity contribution in [2.75, 3.05) is 5.75 Å². The van der Waals surface area contributed by atoms with Crippen molar-refractivity contribution in [3.63, 3.8) is 0 Å². The lowest BCUT2D eigenvalue weighted by molar-refractivity contribution is -0.110. The average Bonchev–Trinajstić information content (AvgIpc) is 2.23. The fourth-order valence-electron chi connectivity index (χ4n) is 0.343. The van der Waals surface area contributed by atoms with Crippen molar-refractivity contribution < 1.29 is 9.59 Å². The first-order chi connectivity index (χ1) is 4.30. The summed E-state index contributed by atoms with van der Waals surface area (Å²) in [6.07, 6.45) is 0. The molecule has 0 saturated carbocycles. The molecule has 1 heterocycles. The Hall–Kier alpha value is -0.640. The number of rotatable bonds is 0. The van der Waals surface area contributed by atoms with E-state index in [1.54, 1.807) is 6.92 Å². The van der Waals surface area contributed by atoms with Crippen LogP contribution < -0.4 is 0 Å². The molecular weight excluding hydrogens is 138 g/mol. The van der Waals surface area contributed by atoms with Crippen molar-refractivity contribution in [3.8, 4) is 0 Å². The lowest BCUT2D eigenvalue weighted by Crippen LogP contribution is -2.04. The van der Waals surface area contributed by atoms with Gasteiger partial charge in [0.2, 0.25) is 0 Å². The molecule has 50 valence electrons. The summed E-state index contributed by atoms with van der Waals surface area (Å²) in [6, 6.07) is 0. The molecule has 0 saturated heterocycles. The second kappa shape index (κ2) is 4.26. The average molecular weight is 145 g/mol. The first-order valence-electron chi connectivity index (χ1n) is 2.29. The summed E-state index contributed by atoms with van der Waals surface area (Å²) >= 11 is 1.33. The monoisotopic (exact) mass is 145 g/mol. The minimum atomic E-state index is 0.171. The van der Waals surface area contributed by atoms with Gasteiger partial charge in [-0.05, 0) is 18.9 Å². The molecule has 0 aromatic rings. The molecule has 1 aliphatic rings. The van der Waals surface area contributed by atoms with Gasteiger partial charge in [-0.3, -0.25) is 4.79 Å². The molecule has 0 spiro atoms. The van der Waals surface area contributed by atoms with E-state index in [1.807, 2.05) is 6.79 Å². The van der Waals surface area contributed by atoms with E-state index in [4.69, 9.17) is 4.79 Å². The number of nitrogens with zero attached hydrogens (tertiary/aromatic N) is 1. The number of carbonyl (C=O) groups excluding carboxylic acids is 2. The fourth-order valence-corrected chi connectivity index (χ4v) is 1.03. The highest BCUT2D eigenvalue weighted by Crippen LogP contribution is 2.10. The predicted molar refractivity (Wildman–Crippen MR) is 37.7 cm³/mol. The Bertz CT molecular complexity index is 144. The van der Waals surface area contributed by atoms with Crippen molar-refractivity contribution in [1.82, 2.24) is 0 Å². The Labute approximate surface area is 57.7 Å². The van der Waals surface area contributed by atoms with Gasteiger partial charge in [0.05, 0.1) is 11.5 Å². The number of carbonyl (C=O) groups is 2. The van der Waals surface area contributed by atoms with Crippen LogP contribution in [-0.4, -0.2) is 24.0 Å². The van der Waals surface area contributed by atoms with Crippen LogP contribution in [0.5, 0.6) is 0 Å². The SMILES string of the molecule is C=O.CC1=NSCC1=O. The Kier molecular flexibility index (Phi) is 3.96. The number of Topliss-reactive ketones (excluding diaryl/α,β-unsaturated/α-hetero) is 1. The summed E-state index contributed by atoms with van der Waals surface area (Å²) in [5.74, 6) is 0.719. The highest BCUT2D eigenvalue weighted by Gasteiger charge is 2.11. The van der Waals surface area contributed by atoms with Crippen LogP contribution in [0.4, 0.5) is 0 Å². The van der Waals surface area contributed by atoms with E-state index in [-0.39, 0.29) is 5.78 Å². The zero-order valence-corrected chi connectivity index (χ0v) is 5.90. The Morgan fingerprint density at radius 1 is 1.67 bits per heavy atom. The standard InChI is InChI=1S/C4H5NOS.CH2O/c1-3-4(6)2-7-5-3;1-2/h2H2,1H3;1H2. The molecule has 1 aliphatic heterocycles. The van der Waals surface area contributed by atoms with Crippen molar-refractivity contribution in [2.45, 2.75) is 6.92 Å². The van der Waals surface area contributed by atoms with Crippen molar-refractivity contribution >= 4 is 30.2 Å². The van der Waals surface area contributed by atoms with Gasteiger partial charge in [-0.15, -0.1) is 0 Å². The van der Waals surface area contributed by atoms with Gasteiger partial charge in [-0.1, -0.05) is 0 Å². The quantitative estimate of drug-likeness (QED) is 0.466. The zero-order chi connectivity index (χ0) is 7.28. The maximum absolute atomic E-state index is 10.4. The third kappa shape index (κ3) is 2.41. The highest BCUT2D eigenvalue weighted by atomic mass is 32.2. The van der Waals surface area contributed by atoms with E-state index in [0.29, 0.717) is 11.5 Å². The minimum Gasteiger partial charge on any atom is -0.307 e. The number of hydrogen-bond acceptors (Lipinski definition) is 4. The second-order valence-electron chi connectivity index (χ2n) is 1.37. The normalized spacial score (nSPS) is 16.1. The fraction of sp³-hybridized carbons (Fsp3) is 0.400. The zero-order valence-electron chi connectivity index (χ0n) is 5.09. The van der Waals surface area contributed by atoms with Gasteiger partial charge < -0.3 is 4.79 Å². The van der Waals surface area contributed by atoms with E-state index in [0.717, 1.165) is 0 Å². The molecule has 0 N–H and O–H groups in total. The van der Waals surface area contributed by atoms with Crippen LogP contribution in [0, 0.1) is 0 Å². The Morgan fingerprint density at radius 2 is 2.22 bits per heavy atom. The van der Waals surface area contributed by atoms with Gasteiger partial charge >= 0.3 is 0 Å². The summed E-state index contributed by atoms with van der Waals surface area (Å²) in [5.41, 5.74) is 0.657. The van der Waals surface area contributed by atoms with Crippen molar-refractivity contribution in [3.05, 3.63) is 0 Å². The largest absolute Gasteiger partial charge is 0.307 e. The predicted octanol–water partition coefficient (Wildman–Crippen LogP) is 0.493. The summed E-state index contributed by atoms with van der Waals surface area (Å²) < 4.78 is 3.80. The van der Waals surface area contributed by atoms with E-state index in [2.05, 4.69) is 4.40 Å². The van der Waals surface area contributed by atoms with E-state index in [1.165, 1.54) is 11.9 Å². The summed E-state index contributed by atoms with van der Waals surface area (Å²) in [4.78, 5) is 18.4. The molecule has 0 atom stereocenters. The molecule has 3 nitrogen and oxygen atoms in total. The van der Waals surface area contributed by atoms with E-state index < -0.39 is 0 Å². The lowest BCUT2D eigenvalue weighted by atomic mass is 10.3. The summed E-state index contributed by atoms with van der Waals surface area (Å²) in [7, 11) is 0. The van der Waals surface area contributed by atoms with Gasteiger partial charge in [0.15, 0.2) is 5.78 Å². The van der Waals surface area contributed by atoms with Crippen LogP contribution in [-0.2, 0) is 9.59 Å². The van der Waals surface area contributed by atoms with Gasteiger partial charge in [-0.25, -0.2) is 4.40 Å². The molecule has 0 aromatic heterocycles. The smallest absolute Gasteiger partial charge is 0.189 e. The van der Waals surface area contributed by atoms with Gasteiger partial charge in [0.25, 0.3) is 0 Å². The first-order valence-corrected chi connectivity index (χ1v) is 3.23. The Morgan fingerprint density at radius 3 is 2.33 bits per heavy atom. The molecule has 0 bridgehead atoms. The van der Waals surface area contributed by atoms with Crippen molar-refractivity contribution in [2.24, 2.45) is 4.40 Å². The molecule has 1 rings (SSSR count). The molecule has 0 unspecified atom stereocenters. The van der Waals surface area contributed by atoms with Crippen LogP contribution in [0.3, 0.4) is 0 Å². The molecule has 0 aliphatic carbocycles. The second-order valence-corrected chi connectivity index (χ2v) is 2.10. The molecule has 4 heteroatoms. The first kappa shape index (κ1) is 8.36. The van der Waals surface area contributed by atoms with E-state index in [9.17, 15) is 4.79 Å². The number of hydrogen-bond donors (Lipinski definition) is 0. The third-order valence-electron chi connectivity index (χ3n) is 0.801. The van der Waals surface area contributed by atoms with Crippen LogP contribution in [0.25, 0.3) is 0 Å². The lowest BCUT2D eigenvalue weighted by Gasteiger charge is -1.76. The van der Waals surface area contributed by atoms with Gasteiger partial charge in [-0.2, -0.15) is 0 Å². The maximum atomic E-state index is 10.4. The number of ketones is 1. The van der Waals surface area contributed by atoms with E-state index >= 15 is 0 Å². The molecule has 0 aromatic carbocycles. The van der Waals surface area contributed by atoms with Crippen LogP contribution >= 0.6 is 11.9 Å². The van der Waals surface area contributed by atoms with Gasteiger partial charge in [0, 0.05) is 0 Å². The highest BCUT2D eigenvalue weighted by molar-refractivity contribution is 7.99. The Balaban J connectivity index is 0.000000291. The summed E-state index contributed by atoms with van der Waals surface area (Å²) in [5, 5.41) is 0. The van der Waals surface area contributed by atoms with Crippen molar-refractivity contribution in [1.29, 1.82) is 0 Å². The maximum Gasteiger partial charge on any atom is 0.189 e. The molecule has 9 heavy (non-hydrogen) atoms. The van der Waals surface area contributed by atoms with Gasteiger partial charge in [0.1, 0.15) is 6.79 Å². The molecular formula is C5H7NO2S. The molecule has 0 amide bonds. The van der Waals surface area contributed by atoms with Crippen LogP contribution in [0.1, 0.15) is 6.92 Å².